The van der Waals surface area contributed by atoms with Crippen LogP contribution in [0.1, 0.15) is 51.0 Å². The van der Waals surface area contributed by atoms with E-state index in [4.69, 9.17) is 4.74 Å². The Labute approximate surface area is 140 Å². The highest BCUT2D eigenvalue weighted by Gasteiger charge is 2.09. The minimum absolute atomic E-state index is 0.563. The number of nitrogens with zero attached hydrogens (tertiary/aromatic N) is 1. The van der Waals surface area contributed by atoms with Crippen LogP contribution in [0.4, 0.5) is 0 Å². The SMILES string of the molecule is CC(C)c1ccc2ccc(OCCCN3CCCCC3)cc2c1. The van der Waals surface area contributed by atoms with Crippen molar-refractivity contribution in [3.05, 3.63) is 42.0 Å². The van der Waals surface area contributed by atoms with Crippen molar-refractivity contribution in [2.45, 2.75) is 45.4 Å². The van der Waals surface area contributed by atoms with Crippen molar-refractivity contribution >= 4 is 10.8 Å². The smallest absolute Gasteiger partial charge is 0.119 e. The van der Waals surface area contributed by atoms with Gasteiger partial charge < -0.3 is 9.64 Å². The molecule has 0 aliphatic carbocycles. The van der Waals surface area contributed by atoms with Crippen LogP contribution < -0.4 is 4.74 Å². The molecule has 1 aliphatic heterocycles. The summed E-state index contributed by atoms with van der Waals surface area (Å²) in [6.45, 7) is 9.00. The molecule has 0 spiro atoms. The molecule has 3 rings (SSSR count). The second-order valence-corrected chi connectivity index (χ2v) is 7.03. The summed E-state index contributed by atoms with van der Waals surface area (Å²) in [5.74, 6) is 1.56. The van der Waals surface area contributed by atoms with E-state index in [1.807, 2.05) is 0 Å². The van der Waals surface area contributed by atoms with Crippen LogP contribution in [0.3, 0.4) is 0 Å². The number of hydrogen-bond donors (Lipinski definition) is 0. The van der Waals surface area contributed by atoms with Gasteiger partial charge in [0, 0.05) is 6.54 Å². The second kappa shape index (κ2) is 7.83. The zero-order chi connectivity index (χ0) is 16.1. The van der Waals surface area contributed by atoms with Gasteiger partial charge in [-0.1, -0.05) is 44.5 Å². The lowest BCUT2D eigenvalue weighted by molar-refractivity contribution is 0.205. The lowest BCUT2D eigenvalue weighted by atomic mass is 9.99. The summed E-state index contributed by atoms with van der Waals surface area (Å²) in [6, 6.07) is 13.2. The minimum Gasteiger partial charge on any atom is -0.494 e. The van der Waals surface area contributed by atoms with Gasteiger partial charge in [0.05, 0.1) is 6.61 Å². The second-order valence-electron chi connectivity index (χ2n) is 7.03. The largest absolute Gasteiger partial charge is 0.494 e. The molecular weight excluding hydrogens is 282 g/mol. The van der Waals surface area contributed by atoms with Crippen molar-refractivity contribution in [1.29, 1.82) is 0 Å². The monoisotopic (exact) mass is 311 g/mol. The fourth-order valence-electron chi connectivity index (χ4n) is 3.35. The topological polar surface area (TPSA) is 12.5 Å². The molecule has 124 valence electrons. The van der Waals surface area contributed by atoms with E-state index in [0.717, 1.165) is 18.8 Å². The van der Waals surface area contributed by atoms with E-state index in [1.165, 1.54) is 55.2 Å². The Balaban J connectivity index is 1.55. The van der Waals surface area contributed by atoms with Gasteiger partial charge in [-0.3, -0.25) is 0 Å². The standard InChI is InChI=1S/C21H29NO/c1-17(2)19-8-7-18-9-10-21(16-20(18)15-19)23-14-6-13-22-11-4-3-5-12-22/h7-10,15-17H,3-6,11-14H2,1-2H3. The average Bonchev–Trinajstić information content (AvgIpc) is 2.59. The van der Waals surface area contributed by atoms with Gasteiger partial charge in [-0.15, -0.1) is 0 Å². The first-order valence-electron chi connectivity index (χ1n) is 9.11. The van der Waals surface area contributed by atoms with Crippen LogP contribution in [-0.4, -0.2) is 31.1 Å². The van der Waals surface area contributed by atoms with E-state index in [0.29, 0.717) is 5.92 Å². The molecule has 0 saturated carbocycles. The van der Waals surface area contributed by atoms with E-state index in [-0.39, 0.29) is 0 Å². The predicted octanol–water partition coefficient (Wildman–Crippen LogP) is 5.22. The molecule has 0 atom stereocenters. The Bertz CT molecular complexity index is 629. The Morgan fingerprint density at radius 1 is 0.957 bits per heavy atom. The van der Waals surface area contributed by atoms with Gasteiger partial charge in [0.25, 0.3) is 0 Å². The van der Waals surface area contributed by atoms with Crippen LogP contribution in [-0.2, 0) is 0 Å². The maximum Gasteiger partial charge on any atom is 0.119 e. The molecule has 2 heteroatoms. The molecule has 1 fully saturated rings. The first-order chi connectivity index (χ1) is 11.2. The predicted molar refractivity (Wildman–Crippen MR) is 98.4 cm³/mol. The quantitative estimate of drug-likeness (QED) is 0.678. The van der Waals surface area contributed by atoms with Crippen molar-refractivity contribution in [3.63, 3.8) is 0 Å². The molecular formula is C21H29NO. The van der Waals surface area contributed by atoms with Crippen molar-refractivity contribution in [3.8, 4) is 5.75 Å². The number of piperidine rings is 1. The lowest BCUT2D eigenvalue weighted by Crippen LogP contribution is -2.31. The fraction of sp³-hybridized carbons (Fsp3) is 0.524. The normalized spacial score (nSPS) is 16.1. The van der Waals surface area contributed by atoms with Gasteiger partial charge in [0.1, 0.15) is 5.75 Å². The van der Waals surface area contributed by atoms with Crippen LogP contribution in [0.25, 0.3) is 10.8 Å². The molecule has 2 nitrogen and oxygen atoms in total. The van der Waals surface area contributed by atoms with Gasteiger partial charge in [0.2, 0.25) is 0 Å². The number of ether oxygens (including phenoxy) is 1. The van der Waals surface area contributed by atoms with Crippen LogP contribution >= 0.6 is 0 Å². The summed E-state index contributed by atoms with van der Waals surface area (Å²) in [5.41, 5.74) is 1.39. The Hall–Kier alpha value is -1.54. The van der Waals surface area contributed by atoms with E-state index in [9.17, 15) is 0 Å². The number of benzene rings is 2. The number of hydrogen-bond acceptors (Lipinski definition) is 2. The third-order valence-corrected chi connectivity index (χ3v) is 4.84. The van der Waals surface area contributed by atoms with E-state index in [1.54, 1.807) is 0 Å². The summed E-state index contributed by atoms with van der Waals surface area (Å²) in [6.07, 6.45) is 5.25. The number of fused-ring (bicyclic) bond motifs is 1. The zero-order valence-corrected chi connectivity index (χ0v) is 14.6. The Morgan fingerprint density at radius 3 is 2.52 bits per heavy atom. The molecule has 23 heavy (non-hydrogen) atoms. The third-order valence-electron chi connectivity index (χ3n) is 4.84. The number of likely N-dealkylation sites (tertiary alicyclic amines) is 1. The van der Waals surface area contributed by atoms with Gasteiger partial charge in [-0.05, 0) is 66.7 Å². The highest BCUT2D eigenvalue weighted by molar-refractivity contribution is 5.84. The lowest BCUT2D eigenvalue weighted by Gasteiger charge is -2.26. The Kier molecular flexibility index (Phi) is 5.56. The molecule has 0 aromatic heterocycles. The van der Waals surface area contributed by atoms with Crippen molar-refractivity contribution < 1.29 is 4.74 Å². The van der Waals surface area contributed by atoms with Crippen molar-refractivity contribution in [2.75, 3.05) is 26.2 Å². The average molecular weight is 311 g/mol. The molecule has 0 amide bonds. The van der Waals surface area contributed by atoms with Gasteiger partial charge in [0.15, 0.2) is 0 Å². The van der Waals surface area contributed by atoms with Gasteiger partial charge in [-0.25, -0.2) is 0 Å². The summed E-state index contributed by atoms with van der Waals surface area (Å²) in [7, 11) is 0. The molecule has 1 heterocycles. The highest BCUT2D eigenvalue weighted by Crippen LogP contribution is 2.25. The molecule has 0 unspecified atom stereocenters. The molecule has 2 aromatic carbocycles. The van der Waals surface area contributed by atoms with Gasteiger partial charge >= 0.3 is 0 Å². The maximum atomic E-state index is 5.98. The van der Waals surface area contributed by atoms with Gasteiger partial charge in [-0.2, -0.15) is 0 Å². The molecule has 1 saturated heterocycles. The zero-order valence-electron chi connectivity index (χ0n) is 14.6. The molecule has 2 aromatic rings. The highest BCUT2D eigenvalue weighted by atomic mass is 16.5. The van der Waals surface area contributed by atoms with E-state index >= 15 is 0 Å². The van der Waals surface area contributed by atoms with Crippen LogP contribution in [0.15, 0.2) is 36.4 Å². The number of rotatable bonds is 6. The molecule has 0 bridgehead atoms. The molecule has 1 aliphatic rings. The first kappa shape index (κ1) is 16.3. The third kappa shape index (κ3) is 4.48. The maximum absolute atomic E-state index is 5.98. The molecule has 0 radical (unpaired) electrons. The van der Waals surface area contributed by atoms with E-state index < -0.39 is 0 Å². The molecule has 0 N–H and O–H groups in total. The van der Waals surface area contributed by atoms with Crippen molar-refractivity contribution in [1.82, 2.24) is 4.90 Å². The first-order valence-corrected chi connectivity index (χ1v) is 9.11. The summed E-state index contributed by atoms with van der Waals surface area (Å²) in [4.78, 5) is 2.57. The minimum atomic E-state index is 0.563. The van der Waals surface area contributed by atoms with Crippen molar-refractivity contribution in [2.24, 2.45) is 0 Å². The van der Waals surface area contributed by atoms with E-state index in [2.05, 4.69) is 55.1 Å². The van der Waals surface area contributed by atoms with Crippen LogP contribution in [0.5, 0.6) is 5.75 Å². The summed E-state index contributed by atoms with van der Waals surface area (Å²) < 4.78 is 5.98. The summed E-state index contributed by atoms with van der Waals surface area (Å²) >= 11 is 0. The van der Waals surface area contributed by atoms with Crippen LogP contribution in [0, 0.1) is 0 Å². The summed E-state index contributed by atoms with van der Waals surface area (Å²) in [5, 5.41) is 2.57. The Morgan fingerprint density at radius 2 is 1.74 bits per heavy atom. The van der Waals surface area contributed by atoms with Crippen LogP contribution in [0.2, 0.25) is 0 Å². The fourth-order valence-corrected chi connectivity index (χ4v) is 3.35.